The molecule has 22 heavy (non-hydrogen) atoms. The molecule has 1 aromatic heterocycles. The van der Waals surface area contributed by atoms with E-state index in [-0.39, 0.29) is 17.2 Å². The van der Waals surface area contributed by atoms with Gasteiger partial charge in [-0.25, -0.2) is 0 Å². The van der Waals surface area contributed by atoms with Crippen LogP contribution in [0.15, 0.2) is 6.07 Å². The molecule has 2 heterocycles. The first kappa shape index (κ1) is 15.1. The summed E-state index contributed by atoms with van der Waals surface area (Å²) >= 11 is 0. The van der Waals surface area contributed by atoms with Crippen molar-refractivity contribution in [3.63, 3.8) is 0 Å². The Kier molecular flexibility index (Phi) is 3.54. The first-order valence-corrected chi connectivity index (χ1v) is 8.08. The Hall–Kier alpha value is -1.78. The number of hydrogen-bond donors (Lipinski definition) is 1. The maximum absolute atomic E-state index is 12.7. The molecule has 1 aliphatic carbocycles. The normalized spacial score (nSPS) is 22.9. The van der Waals surface area contributed by atoms with Gasteiger partial charge in [-0.3, -0.25) is 9.59 Å². The predicted octanol–water partition coefficient (Wildman–Crippen LogP) is 2.45. The van der Waals surface area contributed by atoms with Crippen molar-refractivity contribution in [1.29, 1.82) is 0 Å². The highest BCUT2D eigenvalue weighted by Gasteiger charge is 2.59. The Labute approximate surface area is 130 Å². The summed E-state index contributed by atoms with van der Waals surface area (Å²) in [7, 11) is 0. The van der Waals surface area contributed by atoms with Gasteiger partial charge in [0.25, 0.3) is 5.91 Å². The fraction of sp³-hybridized carbons (Fsp3) is 0.647. The van der Waals surface area contributed by atoms with E-state index in [1.165, 1.54) is 0 Å². The molecule has 0 aromatic carbocycles. The van der Waals surface area contributed by atoms with Gasteiger partial charge in [-0.05, 0) is 51.5 Å². The second kappa shape index (κ2) is 5.14. The molecule has 1 amide bonds. The molecule has 3 rings (SSSR count). The number of carbonyl (C=O) groups excluding carboxylic acids is 1. The number of carbonyl (C=O) groups is 2. The maximum atomic E-state index is 12.7. The van der Waals surface area contributed by atoms with E-state index < -0.39 is 5.97 Å². The molecule has 2 aliphatic rings. The maximum Gasteiger partial charge on any atom is 0.307 e. The second-order valence-electron chi connectivity index (χ2n) is 6.78. The van der Waals surface area contributed by atoms with Crippen LogP contribution >= 0.6 is 0 Å². The van der Waals surface area contributed by atoms with E-state index >= 15 is 0 Å². The topological polar surface area (TPSA) is 62.5 Å². The number of piperidine rings is 1. The van der Waals surface area contributed by atoms with E-state index in [4.69, 9.17) is 5.11 Å². The fourth-order valence-corrected chi connectivity index (χ4v) is 4.08. The molecule has 0 bridgehead atoms. The smallest absolute Gasteiger partial charge is 0.307 e. The first-order chi connectivity index (χ1) is 10.4. The molecule has 1 saturated heterocycles. The van der Waals surface area contributed by atoms with Crippen LogP contribution < -0.4 is 0 Å². The standard InChI is InChI=1S/C17H24N2O3/c1-4-19-11(2)9-13(12(19)3)15(20)18-7-5-17(6-8-18)10-14(17)16(21)22/h9,14H,4-8,10H2,1-3H3,(H,21,22). The van der Waals surface area contributed by atoms with Gasteiger partial charge in [0.1, 0.15) is 0 Å². The summed E-state index contributed by atoms with van der Waals surface area (Å²) in [5.74, 6) is -0.767. The molecular weight excluding hydrogens is 280 g/mol. The molecule has 1 atom stereocenters. The van der Waals surface area contributed by atoms with Crippen LogP contribution in [0.5, 0.6) is 0 Å². The van der Waals surface area contributed by atoms with Gasteiger partial charge in [0.2, 0.25) is 0 Å². The minimum absolute atomic E-state index is 0.0249. The van der Waals surface area contributed by atoms with Crippen molar-refractivity contribution in [2.75, 3.05) is 13.1 Å². The Balaban J connectivity index is 1.69. The summed E-state index contributed by atoms with van der Waals surface area (Å²) in [6.45, 7) is 8.33. The third-order valence-electron chi connectivity index (χ3n) is 5.65. The van der Waals surface area contributed by atoms with Crippen molar-refractivity contribution in [2.24, 2.45) is 11.3 Å². The van der Waals surface area contributed by atoms with Crippen LogP contribution in [-0.4, -0.2) is 39.5 Å². The third kappa shape index (κ3) is 2.23. The van der Waals surface area contributed by atoms with Gasteiger partial charge in [0.15, 0.2) is 0 Å². The van der Waals surface area contributed by atoms with Crippen LogP contribution in [-0.2, 0) is 11.3 Å². The summed E-state index contributed by atoms with van der Waals surface area (Å²) in [5.41, 5.74) is 2.91. The Morgan fingerprint density at radius 1 is 1.32 bits per heavy atom. The number of carboxylic acid groups (broad SMARTS) is 1. The monoisotopic (exact) mass is 304 g/mol. The van der Waals surface area contributed by atoms with E-state index in [1.807, 2.05) is 24.8 Å². The molecule has 120 valence electrons. The molecule has 5 heteroatoms. The van der Waals surface area contributed by atoms with Crippen molar-refractivity contribution in [2.45, 2.75) is 46.6 Å². The lowest BCUT2D eigenvalue weighted by Gasteiger charge is -2.32. The number of aliphatic carboxylic acids is 1. The molecule has 1 unspecified atom stereocenters. The number of nitrogens with zero attached hydrogens (tertiary/aromatic N) is 2. The Bertz CT molecular complexity index is 624. The van der Waals surface area contributed by atoms with Gasteiger partial charge in [-0.2, -0.15) is 0 Å². The number of amides is 1. The molecule has 1 N–H and O–H groups in total. The highest BCUT2D eigenvalue weighted by molar-refractivity contribution is 5.95. The highest BCUT2D eigenvalue weighted by Crippen LogP contribution is 2.59. The van der Waals surface area contributed by atoms with E-state index in [0.717, 1.165) is 42.8 Å². The van der Waals surface area contributed by atoms with Crippen LogP contribution in [0.1, 0.15) is 47.9 Å². The van der Waals surface area contributed by atoms with Gasteiger partial charge in [0, 0.05) is 31.0 Å². The zero-order valence-electron chi connectivity index (χ0n) is 13.6. The lowest BCUT2D eigenvalue weighted by atomic mass is 9.90. The molecule has 1 aliphatic heterocycles. The van der Waals surface area contributed by atoms with Crippen molar-refractivity contribution in [3.05, 3.63) is 23.0 Å². The van der Waals surface area contributed by atoms with Gasteiger partial charge in [-0.15, -0.1) is 0 Å². The van der Waals surface area contributed by atoms with Crippen LogP contribution in [0.3, 0.4) is 0 Å². The molecular formula is C17H24N2O3. The summed E-state index contributed by atoms with van der Waals surface area (Å²) in [4.78, 5) is 25.7. The van der Waals surface area contributed by atoms with Crippen LogP contribution in [0.25, 0.3) is 0 Å². The molecule has 1 aromatic rings. The van der Waals surface area contributed by atoms with Crippen LogP contribution in [0, 0.1) is 25.2 Å². The number of aromatic nitrogens is 1. The lowest BCUT2D eigenvalue weighted by Crippen LogP contribution is -2.40. The third-order valence-corrected chi connectivity index (χ3v) is 5.65. The minimum atomic E-state index is -0.675. The van der Waals surface area contributed by atoms with Crippen LogP contribution in [0.4, 0.5) is 0 Å². The molecule has 0 radical (unpaired) electrons. The van der Waals surface area contributed by atoms with Gasteiger partial charge < -0.3 is 14.6 Å². The Morgan fingerprint density at radius 2 is 1.95 bits per heavy atom. The first-order valence-electron chi connectivity index (χ1n) is 8.08. The fourth-order valence-electron chi connectivity index (χ4n) is 4.08. The summed E-state index contributed by atoms with van der Waals surface area (Å²) in [6, 6.07) is 1.97. The number of carboxylic acids is 1. The largest absolute Gasteiger partial charge is 0.481 e. The molecule has 1 spiro atoms. The van der Waals surface area contributed by atoms with Crippen molar-refractivity contribution in [1.82, 2.24) is 9.47 Å². The number of aryl methyl sites for hydroxylation is 1. The van der Waals surface area contributed by atoms with Crippen molar-refractivity contribution < 1.29 is 14.7 Å². The predicted molar refractivity (Wildman–Crippen MR) is 82.9 cm³/mol. The average Bonchev–Trinajstić information content (AvgIpc) is 3.11. The van der Waals surface area contributed by atoms with E-state index in [9.17, 15) is 9.59 Å². The number of hydrogen-bond acceptors (Lipinski definition) is 2. The number of rotatable bonds is 3. The minimum Gasteiger partial charge on any atom is -0.481 e. The van der Waals surface area contributed by atoms with Gasteiger partial charge >= 0.3 is 5.97 Å². The lowest BCUT2D eigenvalue weighted by molar-refractivity contribution is -0.139. The van der Waals surface area contributed by atoms with Gasteiger partial charge in [0.05, 0.1) is 11.5 Å². The van der Waals surface area contributed by atoms with Gasteiger partial charge in [-0.1, -0.05) is 0 Å². The van der Waals surface area contributed by atoms with E-state index in [0.29, 0.717) is 13.1 Å². The van der Waals surface area contributed by atoms with E-state index in [2.05, 4.69) is 11.5 Å². The quantitative estimate of drug-likeness (QED) is 0.933. The van der Waals surface area contributed by atoms with Crippen molar-refractivity contribution in [3.8, 4) is 0 Å². The number of likely N-dealkylation sites (tertiary alicyclic amines) is 1. The van der Waals surface area contributed by atoms with Crippen LogP contribution in [0.2, 0.25) is 0 Å². The summed E-state index contributed by atoms with van der Waals surface area (Å²) in [6.07, 6.45) is 2.43. The zero-order valence-corrected chi connectivity index (χ0v) is 13.6. The molecule has 2 fully saturated rings. The highest BCUT2D eigenvalue weighted by atomic mass is 16.4. The molecule has 1 saturated carbocycles. The summed E-state index contributed by atoms with van der Waals surface area (Å²) in [5, 5.41) is 9.14. The van der Waals surface area contributed by atoms with Crippen molar-refractivity contribution >= 4 is 11.9 Å². The zero-order chi connectivity index (χ0) is 16.1. The molecule has 5 nitrogen and oxygen atoms in total. The Morgan fingerprint density at radius 3 is 2.41 bits per heavy atom. The summed E-state index contributed by atoms with van der Waals surface area (Å²) < 4.78 is 2.15. The second-order valence-corrected chi connectivity index (χ2v) is 6.78. The SMILES string of the molecule is CCn1c(C)cc(C(=O)N2CCC3(CC2)CC3C(=O)O)c1C. The average molecular weight is 304 g/mol. The van der Waals surface area contributed by atoms with E-state index in [1.54, 1.807) is 0 Å².